The third kappa shape index (κ3) is 4.86. The first-order valence-electron chi connectivity index (χ1n) is 16.3. The maximum absolute atomic E-state index is 5.16. The van der Waals surface area contributed by atoms with Gasteiger partial charge in [-0.25, -0.2) is 24.9 Å². The summed E-state index contributed by atoms with van der Waals surface area (Å²) >= 11 is 3.56. The highest BCUT2D eigenvalue weighted by atomic mass is 32.1. The van der Waals surface area contributed by atoms with Crippen LogP contribution in [0, 0.1) is 0 Å². The van der Waals surface area contributed by atoms with Crippen LogP contribution in [0.1, 0.15) is 0 Å². The van der Waals surface area contributed by atoms with Gasteiger partial charge in [0.25, 0.3) is 0 Å². The van der Waals surface area contributed by atoms with Crippen LogP contribution >= 0.6 is 22.7 Å². The van der Waals surface area contributed by atoms with Crippen molar-refractivity contribution in [3.63, 3.8) is 0 Å². The molecule has 0 amide bonds. The Bertz CT molecular complexity index is 2860. The Labute approximate surface area is 295 Å². The number of hydrogen-bond donors (Lipinski definition) is 0. The highest BCUT2D eigenvalue weighted by molar-refractivity contribution is 7.26. The highest BCUT2D eigenvalue weighted by Gasteiger charge is 2.18. The van der Waals surface area contributed by atoms with Gasteiger partial charge in [0.15, 0.2) is 17.5 Å². The van der Waals surface area contributed by atoms with Crippen molar-refractivity contribution in [1.82, 2.24) is 24.9 Å². The van der Waals surface area contributed by atoms with E-state index in [1.54, 1.807) is 29.0 Å². The number of benzene rings is 6. The molecule has 0 spiro atoms. The van der Waals surface area contributed by atoms with Crippen LogP contribution in [-0.2, 0) is 0 Å². The van der Waals surface area contributed by atoms with Gasteiger partial charge in [-0.1, -0.05) is 133 Å². The van der Waals surface area contributed by atoms with Crippen LogP contribution < -0.4 is 0 Å². The molecule has 0 N–H and O–H groups in total. The minimum absolute atomic E-state index is 0.668. The second kappa shape index (κ2) is 11.8. The zero-order valence-electron chi connectivity index (χ0n) is 26.5. The molecule has 0 unspecified atom stereocenters. The van der Waals surface area contributed by atoms with Crippen LogP contribution in [0.25, 0.3) is 97.0 Å². The maximum atomic E-state index is 5.16. The molecule has 4 aromatic heterocycles. The van der Waals surface area contributed by atoms with Gasteiger partial charge >= 0.3 is 0 Å². The summed E-state index contributed by atoms with van der Waals surface area (Å²) in [5.74, 6) is 2.08. The Morgan fingerprint density at radius 2 is 1.02 bits per heavy atom. The van der Waals surface area contributed by atoms with Crippen LogP contribution in [0.4, 0.5) is 0 Å². The standard InChI is InChI=1S/C43H25N5S2/c1-3-10-28(11-4-1)41-44-25-45-42(48-41)30-22-23-32-33-16-9-15-31(39(33)50-36(32)24-30)26-18-20-27(21-19-26)37-40-38(34-14-7-8-17-35(34)49-40)47-43(46-37)29-12-5-2-6-13-29/h1-25H. The predicted octanol–water partition coefficient (Wildman–Crippen LogP) is 11.7. The van der Waals surface area contributed by atoms with Gasteiger partial charge in [0.1, 0.15) is 6.33 Å². The number of aromatic nitrogens is 5. The zero-order valence-corrected chi connectivity index (χ0v) is 28.1. The van der Waals surface area contributed by atoms with E-state index in [0.717, 1.165) is 49.4 Å². The molecule has 4 heterocycles. The van der Waals surface area contributed by atoms with Crippen molar-refractivity contribution in [2.75, 3.05) is 0 Å². The maximum Gasteiger partial charge on any atom is 0.163 e. The third-order valence-electron chi connectivity index (χ3n) is 9.08. The molecule has 0 bridgehead atoms. The first-order chi connectivity index (χ1) is 24.8. The van der Waals surface area contributed by atoms with Crippen molar-refractivity contribution in [3.05, 3.63) is 152 Å². The molecular formula is C43H25N5S2. The molecule has 5 nitrogen and oxygen atoms in total. The molecule has 6 aromatic carbocycles. The highest BCUT2D eigenvalue weighted by Crippen LogP contribution is 2.43. The molecule has 0 aliphatic carbocycles. The quantitative estimate of drug-likeness (QED) is 0.182. The molecule has 234 valence electrons. The van der Waals surface area contributed by atoms with Crippen molar-refractivity contribution in [3.8, 4) is 56.5 Å². The Hall–Kier alpha value is -6.15. The fraction of sp³-hybridized carbons (Fsp3) is 0. The summed E-state index contributed by atoms with van der Waals surface area (Å²) < 4.78 is 4.78. The smallest absolute Gasteiger partial charge is 0.163 e. The minimum Gasteiger partial charge on any atom is -0.226 e. The molecule has 0 aliphatic rings. The molecule has 7 heteroatoms. The molecule has 10 aromatic rings. The predicted molar refractivity (Wildman–Crippen MR) is 208 cm³/mol. The van der Waals surface area contributed by atoms with E-state index in [1.807, 2.05) is 48.5 Å². The van der Waals surface area contributed by atoms with E-state index in [-0.39, 0.29) is 0 Å². The average molecular weight is 676 g/mol. The molecule has 0 saturated heterocycles. The number of fused-ring (bicyclic) bond motifs is 6. The third-order valence-corrected chi connectivity index (χ3v) is 11.5. The molecule has 50 heavy (non-hydrogen) atoms. The molecule has 0 aliphatic heterocycles. The lowest BCUT2D eigenvalue weighted by atomic mass is 10.00. The van der Waals surface area contributed by atoms with Crippen LogP contribution in [0.5, 0.6) is 0 Å². The van der Waals surface area contributed by atoms with Gasteiger partial charge in [-0.15, -0.1) is 22.7 Å². The molecule has 0 radical (unpaired) electrons. The number of rotatable bonds is 5. The lowest BCUT2D eigenvalue weighted by Gasteiger charge is -2.09. The SMILES string of the molecule is c1ccc(-c2ncnc(-c3ccc4c(c3)sc3c(-c5ccc(-c6nc(-c7ccccc7)nc7c6sc6ccccc67)cc5)cccc34)n2)cc1. The van der Waals surface area contributed by atoms with E-state index >= 15 is 0 Å². The van der Waals surface area contributed by atoms with Crippen molar-refractivity contribution in [2.45, 2.75) is 0 Å². The number of nitrogens with zero attached hydrogens (tertiary/aromatic N) is 5. The van der Waals surface area contributed by atoms with E-state index < -0.39 is 0 Å². The van der Waals surface area contributed by atoms with E-state index in [9.17, 15) is 0 Å². The van der Waals surface area contributed by atoms with E-state index in [2.05, 4.69) is 107 Å². The molecule has 0 atom stereocenters. The van der Waals surface area contributed by atoms with E-state index in [1.165, 1.54) is 36.0 Å². The second-order valence-electron chi connectivity index (χ2n) is 12.1. The van der Waals surface area contributed by atoms with Crippen molar-refractivity contribution in [1.29, 1.82) is 0 Å². The summed E-state index contributed by atoms with van der Waals surface area (Å²) in [6, 6.07) is 50.7. The number of thiophene rings is 2. The summed E-state index contributed by atoms with van der Waals surface area (Å²) in [5.41, 5.74) is 8.37. The van der Waals surface area contributed by atoms with Gasteiger partial charge in [-0.3, -0.25) is 0 Å². The van der Waals surface area contributed by atoms with Crippen LogP contribution in [0.3, 0.4) is 0 Å². The summed E-state index contributed by atoms with van der Waals surface area (Å²) in [4.78, 5) is 24.0. The van der Waals surface area contributed by atoms with Gasteiger partial charge in [-0.2, -0.15) is 0 Å². The summed E-state index contributed by atoms with van der Waals surface area (Å²) in [6.07, 6.45) is 1.59. The first-order valence-corrected chi connectivity index (χ1v) is 18.0. The Morgan fingerprint density at radius 3 is 1.82 bits per heavy atom. The monoisotopic (exact) mass is 675 g/mol. The summed E-state index contributed by atoms with van der Waals surface area (Å²) in [7, 11) is 0. The number of hydrogen-bond acceptors (Lipinski definition) is 7. The average Bonchev–Trinajstić information content (AvgIpc) is 3.76. The summed E-state index contributed by atoms with van der Waals surface area (Å²) in [6.45, 7) is 0. The zero-order chi connectivity index (χ0) is 33.0. The topological polar surface area (TPSA) is 64.5 Å². The molecular weight excluding hydrogens is 651 g/mol. The van der Waals surface area contributed by atoms with Gasteiger partial charge in [0.2, 0.25) is 0 Å². The second-order valence-corrected chi connectivity index (χ2v) is 14.2. The van der Waals surface area contributed by atoms with Gasteiger partial charge in [-0.05, 0) is 23.3 Å². The van der Waals surface area contributed by atoms with Crippen LogP contribution in [0.15, 0.2) is 152 Å². The van der Waals surface area contributed by atoms with Crippen LogP contribution in [0.2, 0.25) is 0 Å². The Kier molecular flexibility index (Phi) is 6.79. The normalized spacial score (nSPS) is 11.6. The van der Waals surface area contributed by atoms with E-state index in [4.69, 9.17) is 15.0 Å². The van der Waals surface area contributed by atoms with Gasteiger partial charge in [0, 0.05) is 52.5 Å². The Morgan fingerprint density at radius 1 is 0.380 bits per heavy atom. The fourth-order valence-electron chi connectivity index (χ4n) is 6.64. The van der Waals surface area contributed by atoms with Crippen molar-refractivity contribution < 1.29 is 0 Å². The van der Waals surface area contributed by atoms with Gasteiger partial charge < -0.3 is 0 Å². The summed E-state index contributed by atoms with van der Waals surface area (Å²) in [5, 5.41) is 3.64. The lowest BCUT2D eigenvalue weighted by Crippen LogP contribution is -1.94. The first kappa shape index (κ1) is 28.8. The molecule has 0 saturated carbocycles. The minimum atomic E-state index is 0.668. The van der Waals surface area contributed by atoms with Crippen LogP contribution in [-0.4, -0.2) is 24.9 Å². The lowest BCUT2D eigenvalue weighted by molar-refractivity contribution is 1.07. The van der Waals surface area contributed by atoms with Crippen molar-refractivity contribution in [2.24, 2.45) is 0 Å². The van der Waals surface area contributed by atoms with Crippen molar-refractivity contribution >= 4 is 63.1 Å². The van der Waals surface area contributed by atoms with Gasteiger partial charge in [0.05, 0.1) is 15.9 Å². The largest absolute Gasteiger partial charge is 0.226 e. The fourth-order valence-corrected chi connectivity index (χ4v) is 9.07. The Balaban J connectivity index is 1.05. The van der Waals surface area contributed by atoms with E-state index in [0.29, 0.717) is 11.6 Å². The molecule has 10 rings (SSSR count). The molecule has 0 fully saturated rings.